The standard InChI is InChI=1S/C13H16F2O3/c1-8(4-9(6-16)13(18)7-17)11-3-2-10(14)5-12(11)15/h2-3,5,9,13,16-18H,1,4,6-7H2/t9-,13+/m0/s1. The number of aliphatic hydroxyl groups is 3. The highest BCUT2D eigenvalue weighted by molar-refractivity contribution is 5.64. The number of hydrogen-bond donors (Lipinski definition) is 3. The summed E-state index contributed by atoms with van der Waals surface area (Å²) in [6.07, 6.45) is -0.990. The van der Waals surface area contributed by atoms with Crippen LogP contribution >= 0.6 is 0 Å². The molecule has 0 aliphatic heterocycles. The van der Waals surface area contributed by atoms with E-state index >= 15 is 0 Å². The molecule has 0 aliphatic rings. The van der Waals surface area contributed by atoms with Crippen molar-refractivity contribution in [3.05, 3.63) is 42.0 Å². The molecule has 1 aromatic rings. The summed E-state index contributed by atoms with van der Waals surface area (Å²) in [5.74, 6) is -2.06. The van der Waals surface area contributed by atoms with Crippen molar-refractivity contribution in [2.24, 2.45) is 5.92 Å². The predicted octanol–water partition coefficient (Wildman–Crippen LogP) is 1.33. The molecule has 0 aromatic heterocycles. The third kappa shape index (κ3) is 3.60. The Labute approximate surface area is 104 Å². The third-order valence-electron chi connectivity index (χ3n) is 2.79. The molecule has 0 unspecified atom stereocenters. The Kier molecular flexibility index (Phi) is 5.40. The lowest BCUT2D eigenvalue weighted by Gasteiger charge is -2.20. The van der Waals surface area contributed by atoms with Crippen molar-refractivity contribution < 1.29 is 24.1 Å². The summed E-state index contributed by atoms with van der Waals surface area (Å²) < 4.78 is 26.2. The van der Waals surface area contributed by atoms with Gasteiger partial charge in [0.15, 0.2) is 0 Å². The Morgan fingerprint density at radius 1 is 1.22 bits per heavy atom. The molecule has 0 fully saturated rings. The Hall–Kier alpha value is -1.30. The highest BCUT2D eigenvalue weighted by atomic mass is 19.1. The summed E-state index contributed by atoms with van der Waals surface area (Å²) >= 11 is 0. The van der Waals surface area contributed by atoms with Gasteiger partial charge in [0.05, 0.1) is 12.7 Å². The fourth-order valence-electron chi connectivity index (χ4n) is 1.67. The lowest BCUT2D eigenvalue weighted by atomic mass is 9.92. The van der Waals surface area contributed by atoms with Crippen LogP contribution in [0.3, 0.4) is 0 Å². The van der Waals surface area contributed by atoms with Crippen LogP contribution in [0.5, 0.6) is 0 Å². The van der Waals surface area contributed by atoms with Crippen LogP contribution in [0.2, 0.25) is 0 Å². The van der Waals surface area contributed by atoms with E-state index in [9.17, 15) is 13.9 Å². The smallest absolute Gasteiger partial charge is 0.133 e. The molecule has 0 spiro atoms. The summed E-state index contributed by atoms with van der Waals surface area (Å²) in [6, 6.07) is 3.11. The van der Waals surface area contributed by atoms with E-state index in [1.54, 1.807) is 0 Å². The molecule has 0 bridgehead atoms. The van der Waals surface area contributed by atoms with Crippen molar-refractivity contribution >= 4 is 5.57 Å². The molecule has 0 saturated carbocycles. The lowest BCUT2D eigenvalue weighted by molar-refractivity contribution is 0.0248. The van der Waals surface area contributed by atoms with Gasteiger partial charge >= 0.3 is 0 Å². The number of halogens is 2. The van der Waals surface area contributed by atoms with Crippen LogP contribution in [0, 0.1) is 17.6 Å². The molecule has 18 heavy (non-hydrogen) atoms. The molecule has 1 aromatic carbocycles. The summed E-state index contributed by atoms with van der Waals surface area (Å²) in [5.41, 5.74) is 0.471. The second kappa shape index (κ2) is 6.58. The zero-order valence-electron chi connectivity index (χ0n) is 9.81. The van der Waals surface area contributed by atoms with Gasteiger partial charge in [-0.1, -0.05) is 6.58 Å². The van der Waals surface area contributed by atoms with Crippen LogP contribution in [0.1, 0.15) is 12.0 Å². The zero-order chi connectivity index (χ0) is 13.7. The average molecular weight is 258 g/mol. The van der Waals surface area contributed by atoms with Crippen LogP contribution in [0.15, 0.2) is 24.8 Å². The van der Waals surface area contributed by atoms with Crippen molar-refractivity contribution in [2.75, 3.05) is 13.2 Å². The summed E-state index contributed by atoms with van der Waals surface area (Å²) in [5, 5.41) is 27.3. The predicted molar refractivity (Wildman–Crippen MR) is 63.7 cm³/mol. The Morgan fingerprint density at radius 2 is 1.89 bits per heavy atom. The number of benzene rings is 1. The molecule has 0 radical (unpaired) electrons. The summed E-state index contributed by atoms with van der Waals surface area (Å²) in [7, 11) is 0. The molecule has 3 N–H and O–H groups in total. The molecule has 3 nitrogen and oxygen atoms in total. The number of rotatable bonds is 6. The summed E-state index contributed by atoms with van der Waals surface area (Å²) in [4.78, 5) is 0. The fourth-order valence-corrected chi connectivity index (χ4v) is 1.67. The van der Waals surface area contributed by atoms with Gasteiger partial charge in [-0.3, -0.25) is 0 Å². The van der Waals surface area contributed by atoms with Crippen LogP contribution in [0.4, 0.5) is 8.78 Å². The first kappa shape index (κ1) is 14.8. The van der Waals surface area contributed by atoms with E-state index in [2.05, 4.69) is 6.58 Å². The number of hydrogen-bond acceptors (Lipinski definition) is 3. The molecule has 2 atom stereocenters. The van der Waals surface area contributed by atoms with Crippen molar-refractivity contribution in [1.82, 2.24) is 0 Å². The maximum Gasteiger partial charge on any atom is 0.133 e. The molecule has 0 amide bonds. The highest BCUT2D eigenvalue weighted by Gasteiger charge is 2.20. The van der Waals surface area contributed by atoms with Gasteiger partial charge < -0.3 is 15.3 Å². The first-order valence-electron chi connectivity index (χ1n) is 5.52. The monoisotopic (exact) mass is 258 g/mol. The van der Waals surface area contributed by atoms with Gasteiger partial charge in [-0.25, -0.2) is 8.78 Å². The average Bonchev–Trinajstić information content (AvgIpc) is 2.34. The minimum absolute atomic E-state index is 0.112. The van der Waals surface area contributed by atoms with E-state index in [0.717, 1.165) is 12.1 Å². The fraction of sp³-hybridized carbons (Fsp3) is 0.385. The number of aliphatic hydroxyl groups excluding tert-OH is 3. The minimum Gasteiger partial charge on any atom is -0.396 e. The van der Waals surface area contributed by atoms with Gasteiger partial charge in [0, 0.05) is 24.2 Å². The first-order valence-corrected chi connectivity index (χ1v) is 5.52. The SMILES string of the molecule is C=C(C[C@@H](CO)[C@H](O)CO)c1ccc(F)cc1F. The summed E-state index contributed by atoms with van der Waals surface area (Å²) in [6.45, 7) is 2.80. The van der Waals surface area contributed by atoms with Crippen LogP contribution < -0.4 is 0 Å². The second-order valence-electron chi connectivity index (χ2n) is 4.12. The Balaban J connectivity index is 2.81. The molecule has 0 heterocycles. The lowest BCUT2D eigenvalue weighted by Crippen LogP contribution is -2.27. The molecule has 0 saturated heterocycles. The van der Waals surface area contributed by atoms with Gasteiger partial charge in [0.1, 0.15) is 11.6 Å². The Bertz CT molecular complexity index is 421. The van der Waals surface area contributed by atoms with Crippen molar-refractivity contribution in [3.8, 4) is 0 Å². The van der Waals surface area contributed by atoms with Crippen molar-refractivity contribution in [2.45, 2.75) is 12.5 Å². The third-order valence-corrected chi connectivity index (χ3v) is 2.79. The minimum atomic E-state index is -1.10. The molecule has 5 heteroatoms. The highest BCUT2D eigenvalue weighted by Crippen LogP contribution is 2.25. The van der Waals surface area contributed by atoms with Crippen LogP contribution in [0.25, 0.3) is 5.57 Å². The largest absolute Gasteiger partial charge is 0.396 e. The van der Waals surface area contributed by atoms with Crippen LogP contribution in [-0.2, 0) is 0 Å². The topological polar surface area (TPSA) is 60.7 Å². The molecular formula is C13H16F2O3. The second-order valence-corrected chi connectivity index (χ2v) is 4.12. The van der Waals surface area contributed by atoms with E-state index in [1.807, 2.05) is 0 Å². The van der Waals surface area contributed by atoms with Crippen LogP contribution in [-0.4, -0.2) is 34.6 Å². The maximum atomic E-state index is 13.5. The van der Waals surface area contributed by atoms with Gasteiger partial charge in [0.25, 0.3) is 0 Å². The normalized spacial score (nSPS) is 14.3. The molecular weight excluding hydrogens is 242 g/mol. The maximum absolute atomic E-state index is 13.5. The molecule has 100 valence electrons. The molecule has 0 aliphatic carbocycles. The van der Waals surface area contributed by atoms with Gasteiger partial charge in [-0.2, -0.15) is 0 Å². The van der Waals surface area contributed by atoms with E-state index in [0.29, 0.717) is 5.57 Å². The van der Waals surface area contributed by atoms with Crippen molar-refractivity contribution in [1.29, 1.82) is 0 Å². The van der Waals surface area contributed by atoms with Gasteiger partial charge in [-0.15, -0.1) is 0 Å². The van der Waals surface area contributed by atoms with Crippen molar-refractivity contribution in [3.63, 3.8) is 0 Å². The van der Waals surface area contributed by atoms with Gasteiger partial charge in [-0.05, 0) is 24.1 Å². The number of allylic oxidation sites excluding steroid dienone is 1. The zero-order valence-corrected chi connectivity index (χ0v) is 9.81. The molecule has 1 rings (SSSR count). The van der Waals surface area contributed by atoms with E-state index in [-0.39, 0.29) is 18.6 Å². The quantitative estimate of drug-likeness (QED) is 0.721. The van der Waals surface area contributed by atoms with Gasteiger partial charge in [0.2, 0.25) is 0 Å². The van der Waals surface area contributed by atoms with E-state index in [1.165, 1.54) is 6.07 Å². The first-order chi connectivity index (χ1) is 8.49. The Morgan fingerprint density at radius 3 is 2.39 bits per heavy atom. The van der Waals surface area contributed by atoms with E-state index < -0.39 is 30.3 Å². The van der Waals surface area contributed by atoms with E-state index in [4.69, 9.17) is 10.2 Å².